The van der Waals surface area contributed by atoms with E-state index in [2.05, 4.69) is 20.7 Å². The fourth-order valence-electron chi connectivity index (χ4n) is 1.10. The molecule has 3 amide bonds. The summed E-state index contributed by atoms with van der Waals surface area (Å²) in [6.07, 6.45) is 3.40. The van der Waals surface area contributed by atoms with E-state index in [0.717, 1.165) is 12.2 Å². The van der Waals surface area contributed by atoms with E-state index in [1.54, 1.807) is 0 Å². The van der Waals surface area contributed by atoms with Crippen LogP contribution in [0.25, 0.3) is 0 Å². The molecule has 0 saturated heterocycles. The Labute approximate surface area is 118 Å². The monoisotopic (exact) mass is 334 g/mol. The van der Waals surface area contributed by atoms with Crippen LogP contribution in [0.1, 0.15) is 26.7 Å². The third-order valence-corrected chi connectivity index (χ3v) is 3.80. The Morgan fingerprint density at radius 3 is 1.89 bits per heavy atom. The average Bonchev–Trinajstić information content (AvgIpc) is 2.72. The van der Waals surface area contributed by atoms with Crippen molar-refractivity contribution in [3.8, 4) is 0 Å². The minimum Gasteiger partial charge on any atom is -0.387 e. The number of amides is 3. The molecule has 0 fully saturated rings. The third kappa shape index (κ3) is 6.14. The number of primary amides is 1. The topological polar surface area (TPSA) is 116 Å². The molecular weight excluding hydrogens is 320 g/mol. The summed E-state index contributed by atoms with van der Waals surface area (Å²) in [5.41, 5.74) is 4.81. The second-order valence-corrected chi connectivity index (χ2v) is 5.08. The SMILES string of the molecule is CCC(Br)(CC)C(=O)NC(N)=O.O=C1C=CC(=O)O1. The van der Waals surface area contributed by atoms with Crippen molar-refractivity contribution in [1.29, 1.82) is 0 Å². The van der Waals surface area contributed by atoms with Gasteiger partial charge in [0.05, 0.1) is 0 Å². The van der Waals surface area contributed by atoms with Gasteiger partial charge in [-0.1, -0.05) is 29.8 Å². The van der Waals surface area contributed by atoms with Crippen molar-refractivity contribution < 1.29 is 23.9 Å². The summed E-state index contributed by atoms with van der Waals surface area (Å²) >= 11 is 3.26. The molecule has 1 aliphatic heterocycles. The molecule has 19 heavy (non-hydrogen) atoms. The van der Waals surface area contributed by atoms with Crippen LogP contribution in [-0.4, -0.2) is 28.2 Å². The molecule has 106 valence electrons. The number of rotatable bonds is 3. The molecule has 0 atom stereocenters. The minimum absolute atomic E-state index is 0.375. The maximum absolute atomic E-state index is 11.3. The van der Waals surface area contributed by atoms with Crippen molar-refractivity contribution in [2.24, 2.45) is 5.73 Å². The molecule has 0 saturated carbocycles. The molecule has 0 unspecified atom stereocenters. The summed E-state index contributed by atoms with van der Waals surface area (Å²) in [5, 5.41) is 2.04. The van der Waals surface area contributed by atoms with Crippen molar-refractivity contribution in [1.82, 2.24) is 5.32 Å². The summed E-state index contributed by atoms with van der Waals surface area (Å²) < 4.78 is 3.31. The first-order valence-corrected chi connectivity index (χ1v) is 6.28. The van der Waals surface area contributed by atoms with E-state index in [9.17, 15) is 19.2 Å². The van der Waals surface area contributed by atoms with E-state index in [0.29, 0.717) is 12.8 Å². The number of nitrogens with one attached hydrogen (secondary N) is 1. The van der Waals surface area contributed by atoms with Gasteiger partial charge in [0.15, 0.2) is 0 Å². The van der Waals surface area contributed by atoms with E-state index in [1.807, 2.05) is 19.2 Å². The average molecular weight is 335 g/mol. The van der Waals surface area contributed by atoms with Gasteiger partial charge in [-0.3, -0.25) is 10.1 Å². The minimum atomic E-state index is -0.814. The summed E-state index contributed by atoms with van der Waals surface area (Å²) in [5.74, 6) is -1.53. The number of halogens is 1. The van der Waals surface area contributed by atoms with Crippen molar-refractivity contribution in [2.45, 2.75) is 31.0 Å². The first-order chi connectivity index (χ1) is 8.75. The lowest BCUT2D eigenvalue weighted by Gasteiger charge is -2.21. The molecule has 1 rings (SSSR count). The fraction of sp³-hybridized carbons (Fsp3) is 0.455. The van der Waals surface area contributed by atoms with E-state index >= 15 is 0 Å². The number of esters is 2. The lowest BCUT2D eigenvalue weighted by molar-refractivity contribution is -0.150. The zero-order valence-corrected chi connectivity index (χ0v) is 12.2. The van der Waals surface area contributed by atoms with Gasteiger partial charge in [-0.2, -0.15) is 0 Å². The van der Waals surface area contributed by atoms with Gasteiger partial charge in [-0.25, -0.2) is 14.4 Å². The smallest absolute Gasteiger partial charge is 0.338 e. The van der Waals surface area contributed by atoms with Crippen LogP contribution in [0.2, 0.25) is 0 Å². The molecule has 3 N–H and O–H groups in total. The first-order valence-electron chi connectivity index (χ1n) is 5.48. The number of urea groups is 1. The quantitative estimate of drug-likeness (QED) is 0.449. The van der Waals surface area contributed by atoms with Gasteiger partial charge in [0.1, 0.15) is 4.32 Å². The van der Waals surface area contributed by atoms with Crippen LogP contribution >= 0.6 is 15.9 Å². The van der Waals surface area contributed by atoms with Gasteiger partial charge in [0.2, 0.25) is 5.91 Å². The Bertz CT molecular complexity index is 399. The number of hydrogen-bond acceptors (Lipinski definition) is 5. The van der Waals surface area contributed by atoms with Gasteiger partial charge in [-0.05, 0) is 12.8 Å². The second kappa shape index (κ2) is 7.67. The highest BCUT2D eigenvalue weighted by Crippen LogP contribution is 2.26. The zero-order chi connectivity index (χ0) is 15.1. The molecule has 0 aromatic rings. The summed E-state index contributed by atoms with van der Waals surface area (Å²) in [4.78, 5) is 41.5. The Kier molecular flexibility index (Phi) is 6.99. The molecule has 0 aliphatic carbocycles. The summed E-state index contributed by atoms with van der Waals surface area (Å²) in [7, 11) is 0. The number of hydrogen-bond donors (Lipinski definition) is 2. The molecule has 1 aliphatic rings. The molecule has 1 heterocycles. The van der Waals surface area contributed by atoms with E-state index in [1.165, 1.54) is 0 Å². The number of carbonyl (C=O) groups is 4. The van der Waals surface area contributed by atoms with Crippen LogP contribution in [0.15, 0.2) is 12.2 Å². The molecule has 7 nitrogen and oxygen atoms in total. The molecule has 0 radical (unpaired) electrons. The number of nitrogens with two attached hydrogens (primary N) is 1. The molecular formula is C11H15BrN2O5. The summed E-state index contributed by atoms with van der Waals surface area (Å²) in [6, 6.07) is -0.814. The lowest BCUT2D eigenvalue weighted by atomic mass is 10.0. The lowest BCUT2D eigenvalue weighted by Crippen LogP contribution is -2.46. The number of ether oxygens (including phenoxy) is 1. The van der Waals surface area contributed by atoms with E-state index in [4.69, 9.17) is 5.73 Å². The van der Waals surface area contributed by atoms with E-state index < -0.39 is 22.3 Å². The maximum Gasteiger partial charge on any atom is 0.338 e. The van der Waals surface area contributed by atoms with Gasteiger partial charge in [-0.15, -0.1) is 0 Å². The Morgan fingerprint density at radius 1 is 1.26 bits per heavy atom. The van der Waals surface area contributed by atoms with Crippen LogP contribution in [0, 0.1) is 0 Å². The normalized spacial score (nSPS) is 13.4. The largest absolute Gasteiger partial charge is 0.387 e. The van der Waals surface area contributed by atoms with Crippen molar-refractivity contribution in [3.63, 3.8) is 0 Å². The van der Waals surface area contributed by atoms with Crippen LogP contribution in [0.3, 0.4) is 0 Å². The van der Waals surface area contributed by atoms with Gasteiger partial charge < -0.3 is 10.5 Å². The third-order valence-electron chi connectivity index (χ3n) is 2.32. The van der Waals surface area contributed by atoms with Crippen LogP contribution in [0.4, 0.5) is 4.79 Å². The molecule has 0 spiro atoms. The Morgan fingerprint density at radius 2 is 1.68 bits per heavy atom. The Balaban J connectivity index is 0.000000388. The van der Waals surface area contributed by atoms with Crippen molar-refractivity contribution in [2.75, 3.05) is 0 Å². The first kappa shape index (κ1) is 17.3. The standard InChI is InChI=1S/C7H13BrN2O2.C4H2O3/c1-3-7(8,4-2)5(11)10-6(9)12;5-3-1-2-4(6)7-3/h3-4H2,1-2H3,(H3,9,10,11,12);1-2H. The van der Waals surface area contributed by atoms with E-state index in [-0.39, 0.29) is 5.91 Å². The number of cyclic esters (lactones) is 2. The fourth-order valence-corrected chi connectivity index (χ4v) is 1.20. The van der Waals surface area contributed by atoms with Crippen LogP contribution in [-0.2, 0) is 19.1 Å². The van der Waals surface area contributed by atoms with Crippen LogP contribution < -0.4 is 11.1 Å². The maximum atomic E-state index is 11.3. The van der Waals surface area contributed by atoms with Gasteiger partial charge >= 0.3 is 18.0 Å². The Hall–Kier alpha value is -1.70. The van der Waals surface area contributed by atoms with Gasteiger partial charge in [0, 0.05) is 12.2 Å². The molecule has 0 bridgehead atoms. The molecule has 8 heteroatoms. The second-order valence-electron chi connectivity index (χ2n) is 3.56. The molecule has 0 aromatic carbocycles. The zero-order valence-electron chi connectivity index (χ0n) is 10.6. The highest BCUT2D eigenvalue weighted by molar-refractivity contribution is 9.10. The van der Waals surface area contributed by atoms with Crippen molar-refractivity contribution >= 4 is 39.8 Å². The highest BCUT2D eigenvalue weighted by Gasteiger charge is 2.32. The van der Waals surface area contributed by atoms with Crippen molar-refractivity contribution in [3.05, 3.63) is 12.2 Å². The number of alkyl halides is 1. The molecule has 0 aromatic heterocycles. The number of imide groups is 1. The number of carbonyl (C=O) groups excluding carboxylic acids is 4. The predicted molar refractivity (Wildman–Crippen MR) is 70.2 cm³/mol. The summed E-state index contributed by atoms with van der Waals surface area (Å²) in [6.45, 7) is 3.72. The highest BCUT2D eigenvalue weighted by atomic mass is 79.9. The van der Waals surface area contributed by atoms with Gasteiger partial charge in [0.25, 0.3) is 0 Å². The van der Waals surface area contributed by atoms with Crippen LogP contribution in [0.5, 0.6) is 0 Å². The predicted octanol–water partition coefficient (Wildman–Crippen LogP) is 0.761.